The van der Waals surface area contributed by atoms with Gasteiger partial charge in [-0.3, -0.25) is 0 Å². The van der Waals surface area contributed by atoms with Gasteiger partial charge < -0.3 is 10.2 Å². The maximum atomic E-state index is 13.4. The Bertz CT molecular complexity index is 508. The van der Waals surface area contributed by atoms with Crippen molar-refractivity contribution >= 4 is 6.01 Å². The van der Waals surface area contributed by atoms with Crippen LogP contribution >= 0.6 is 0 Å². The molecule has 1 heterocycles. The molecule has 0 saturated carbocycles. The van der Waals surface area contributed by atoms with Crippen molar-refractivity contribution in [2.75, 3.05) is 5.73 Å². The number of oxazole rings is 1. The zero-order valence-corrected chi connectivity index (χ0v) is 7.92. The summed E-state index contributed by atoms with van der Waals surface area (Å²) in [5.74, 6) is -0.922. The zero-order chi connectivity index (χ0) is 11.0. The average molecular weight is 210 g/mol. The first kappa shape index (κ1) is 9.64. The lowest BCUT2D eigenvalue weighted by Crippen LogP contribution is -1.89. The van der Waals surface area contributed by atoms with Crippen LogP contribution in [0.5, 0.6) is 0 Å². The molecule has 0 fully saturated rings. The lowest BCUT2D eigenvalue weighted by molar-refractivity contribution is 0.548. The van der Waals surface area contributed by atoms with Gasteiger partial charge in [0.05, 0.1) is 0 Å². The summed E-state index contributed by atoms with van der Waals surface area (Å²) in [7, 11) is 0. The fraction of sp³-hybridized carbons (Fsp3) is 0.100. The van der Waals surface area contributed by atoms with E-state index in [9.17, 15) is 8.78 Å². The molecule has 2 N–H and O–H groups in total. The minimum Gasteiger partial charge on any atom is -0.429 e. The van der Waals surface area contributed by atoms with Gasteiger partial charge in [0.25, 0.3) is 6.01 Å². The molecule has 0 aliphatic carbocycles. The van der Waals surface area contributed by atoms with Crippen molar-refractivity contribution in [3.63, 3.8) is 0 Å². The van der Waals surface area contributed by atoms with Crippen LogP contribution in [0.25, 0.3) is 11.3 Å². The second-order valence-electron chi connectivity index (χ2n) is 3.08. The number of aromatic nitrogens is 1. The van der Waals surface area contributed by atoms with E-state index < -0.39 is 11.6 Å². The standard InChI is InChI=1S/C10H8F2N2O/c1-5-9(14-10(13)15-5)7-3-2-6(11)4-8(7)12/h2-4H,1H3,(H2,13,14). The van der Waals surface area contributed by atoms with Gasteiger partial charge in [0.15, 0.2) is 0 Å². The van der Waals surface area contributed by atoms with Crippen molar-refractivity contribution in [3.05, 3.63) is 35.6 Å². The molecule has 2 rings (SSSR count). The third-order valence-electron chi connectivity index (χ3n) is 2.00. The molecule has 78 valence electrons. The summed E-state index contributed by atoms with van der Waals surface area (Å²) in [5.41, 5.74) is 5.79. The van der Waals surface area contributed by atoms with Crippen LogP contribution in [0.15, 0.2) is 22.6 Å². The first-order valence-electron chi connectivity index (χ1n) is 4.26. The highest BCUT2D eigenvalue weighted by Crippen LogP contribution is 2.26. The highest BCUT2D eigenvalue weighted by Gasteiger charge is 2.14. The predicted octanol–water partition coefficient (Wildman–Crippen LogP) is 2.51. The Labute approximate surface area is 84.5 Å². The SMILES string of the molecule is Cc1oc(N)nc1-c1ccc(F)cc1F. The lowest BCUT2D eigenvalue weighted by atomic mass is 10.1. The van der Waals surface area contributed by atoms with Gasteiger partial charge in [-0.1, -0.05) is 0 Å². The fourth-order valence-corrected chi connectivity index (χ4v) is 1.35. The Balaban J connectivity index is 2.59. The Kier molecular flexibility index (Phi) is 2.15. The number of hydrogen-bond acceptors (Lipinski definition) is 3. The minimum atomic E-state index is -0.689. The number of anilines is 1. The van der Waals surface area contributed by atoms with Gasteiger partial charge in [-0.25, -0.2) is 8.78 Å². The van der Waals surface area contributed by atoms with E-state index in [1.807, 2.05) is 0 Å². The van der Waals surface area contributed by atoms with Gasteiger partial charge in [-0.05, 0) is 19.1 Å². The summed E-state index contributed by atoms with van der Waals surface area (Å²) in [6, 6.07) is 3.21. The van der Waals surface area contributed by atoms with Crippen LogP contribution in [0.2, 0.25) is 0 Å². The number of aryl methyl sites for hydroxylation is 1. The van der Waals surface area contributed by atoms with Crippen LogP contribution < -0.4 is 5.73 Å². The molecule has 0 spiro atoms. The molecule has 0 aliphatic rings. The highest BCUT2D eigenvalue weighted by molar-refractivity contribution is 5.62. The number of nitrogen functional groups attached to an aromatic ring is 1. The first-order valence-corrected chi connectivity index (χ1v) is 4.26. The topological polar surface area (TPSA) is 52.0 Å². The fourth-order valence-electron chi connectivity index (χ4n) is 1.35. The molecular weight excluding hydrogens is 202 g/mol. The third-order valence-corrected chi connectivity index (χ3v) is 2.00. The van der Waals surface area contributed by atoms with Crippen LogP contribution in [0.3, 0.4) is 0 Å². The lowest BCUT2D eigenvalue weighted by Gasteiger charge is -1.99. The van der Waals surface area contributed by atoms with Gasteiger partial charge in [0.2, 0.25) is 0 Å². The molecular formula is C10H8F2N2O. The highest BCUT2D eigenvalue weighted by atomic mass is 19.1. The molecule has 5 heteroatoms. The van der Waals surface area contributed by atoms with Crippen molar-refractivity contribution in [1.29, 1.82) is 0 Å². The molecule has 0 saturated heterocycles. The van der Waals surface area contributed by atoms with Crippen LogP contribution in [-0.4, -0.2) is 4.98 Å². The maximum absolute atomic E-state index is 13.4. The third kappa shape index (κ3) is 1.68. The van der Waals surface area contributed by atoms with Crippen LogP contribution in [0.1, 0.15) is 5.76 Å². The Hall–Kier alpha value is -1.91. The van der Waals surface area contributed by atoms with E-state index >= 15 is 0 Å². The molecule has 0 atom stereocenters. The number of benzene rings is 1. The summed E-state index contributed by atoms with van der Waals surface area (Å²) < 4.78 is 31.0. The van der Waals surface area contributed by atoms with Crippen molar-refractivity contribution in [1.82, 2.24) is 4.98 Å². The van der Waals surface area contributed by atoms with Gasteiger partial charge >= 0.3 is 0 Å². The van der Waals surface area contributed by atoms with Crippen molar-refractivity contribution in [2.45, 2.75) is 6.92 Å². The molecule has 2 aromatic rings. The van der Waals surface area contributed by atoms with E-state index in [0.29, 0.717) is 11.5 Å². The van der Waals surface area contributed by atoms with E-state index in [2.05, 4.69) is 4.98 Å². The molecule has 0 amide bonds. The summed E-state index contributed by atoms with van der Waals surface area (Å²) in [6.07, 6.45) is 0. The largest absolute Gasteiger partial charge is 0.429 e. The quantitative estimate of drug-likeness (QED) is 0.786. The molecule has 0 aliphatic heterocycles. The van der Waals surface area contributed by atoms with Crippen molar-refractivity contribution in [2.24, 2.45) is 0 Å². The van der Waals surface area contributed by atoms with Crippen LogP contribution in [-0.2, 0) is 0 Å². The summed E-state index contributed by atoms with van der Waals surface area (Å²) >= 11 is 0. The number of rotatable bonds is 1. The Morgan fingerprint density at radius 1 is 1.33 bits per heavy atom. The molecule has 1 aromatic heterocycles. The van der Waals surface area contributed by atoms with E-state index in [-0.39, 0.29) is 11.6 Å². The van der Waals surface area contributed by atoms with Crippen LogP contribution in [0.4, 0.5) is 14.8 Å². The van der Waals surface area contributed by atoms with Crippen molar-refractivity contribution < 1.29 is 13.2 Å². The zero-order valence-electron chi connectivity index (χ0n) is 7.92. The molecule has 1 aromatic carbocycles. The number of halogens is 2. The summed E-state index contributed by atoms with van der Waals surface area (Å²) in [5, 5.41) is 0. The smallest absolute Gasteiger partial charge is 0.292 e. The molecule has 0 unspecified atom stereocenters. The number of hydrogen-bond donors (Lipinski definition) is 1. The Morgan fingerprint density at radius 2 is 2.07 bits per heavy atom. The van der Waals surface area contributed by atoms with E-state index in [0.717, 1.165) is 12.1 Å². The second-order valence-corrected chi connectivity index (χ2v) is 3.08. The summed E-state index contributed by atoms with van der Waals surface area (Å²) in [6.45, 7) is 1.61. The van der Waals surface area contributed by atoms with E-state index in [4.69, 9.17) is 10.2 Å². The Morgan fingerprint density at radius 3 is 2.60 bits per heavy atom. The molecule has 3 nitrogen and oxygen atoms in total. The molecule has 0 bridgehead atoms. The number of nitrogens with zero attached hydrogens (tertiary/aromatic N) is 1. The first-order chi connectivity index (χ1) is 7.08. The van der Waals surface area contributed by atoms with Crippen molar-refractivity contribution in [3.8, 4) is 11.3 Å². The number of nitrogens with two attached hydrogens (primary N) is 1. The maximum Gasteiger partial charge on any atom is 0.292 e. The molecule has 15 heavy (non-hydrogen) atoms. The molecule has 0 radical (unpaired) electrons. The van der Waals surface area contributed by atoms with Gasteiger partial charge in [-0.15, -0.1) is 0 Å². The predicted molar refractivity (Wildman–Crippen MR) is 51.0 cm³/mol. The van der Waals surface area contributed by atoms with Crippen LogP contribution in [0, 0.1) is 18.6 Å². The van der Waals surface area contributed by atoms with E-state index in [1.165, 1.54) is 6.07 Å². The second kappa shape index (κ2) is 3.34. The van der Waals surface area contributed by atoms with Gasteiger partial charge in [-0.2, -0.15) is 4.98 Å². The summed E-state index contributed by atoms with van der Waals surface area (Å²) in [4.78, 5) is 3.82. The normalized spacial score (nSPS) is 10.6. The average Bonchev–Trinajstić information content (AvgIpc) is 2.45. The van der Waals surface area contributed by atoms with E-state index in [1.54, 1.807) is 6.92 Å². The van der Waals surface area contributed by atoms with Gasteiger partial charge in [0, 0.05) is 11.6 Å². The minimum absolute atomic E-state index is 0.0359. The monoisotopic (exact) mass is 210 g/mol. The van der Waals surface area contributed by atoms with Gasteiger partial charge in [0.1, 0.15) is 23.1 Å².